The largest absolute Gasteiger partial charge is 0.452 e. The van der Waals surface area contributed by atoms with E-state index in [0.29, 0.717) is 17.3 Å². The Labute approximate surface area is 123 Å². The van der Waals surface area contributed by atoms with Crippen molar-refractivity contribution in [2.75, 3.05) is 11.0 Å². The van der Waals surface area contributed by atoms with Crippen LogP contribution < -0.4 is 0 Å². The molecule has 0 amide bonds. The van der Waals surface area contributed by atoms with Crippen LogP contribution in [0.25, 0.3) is 0 Å². The molecule has 1 saturated carbocycles. The third kappa shape index (κ3) is 3.82. The standard InChI is InChI=1S/C13H19IO3Si/c1-18(2,3)9-5-8-17-12(16)13(10-14)7-4-6-11(13)15/h4,6-8,10H2,1-3H3. The number of carbonyl (C=O) groups is 2. The number of Topliss-reactive ketones (excluding diaryl/α,β-unsaturated/α-hetero) is 1. The van der Waals surface area contributed by atoms with E-state index >= 15 is 0 Å². The van der Waals surface area contributed by atoms with Crippen LogP contribution >= 0.6 is 22.6 Å². The van der Waals surface area contributed by atoms with Gasteiger partial charge in [0.15, 0.2) is 12.4 Å². The molecule has 0 spiro atoms. The van der Waals surface area contributed by atoms with Gasteiger partial charge in [-0.05, 0) is 12.8 Å². The van der Waals surface area contributed by atoms with E-state index in [1.807, 2.05) is 0 Å². The molecule has 100 valence electrons. The van der Waals surface area contributed by atoms with Gasteiger partial charge in [-0.25, -0.2) is 0 Å². The number of rotatable bonds is 3. The average molecular weight is 378 g/mol. The van der Waals surface area contributed by atoms with Crippen molar-refractivity contribution in [1.82, 2.24) is 0 Å². The fraction of sp³-hybridized carbons (Fsp3) is 0.692. The molecule has 0 saturated heterocycles. The minimum absolute atomic E-state index is 0.0278. The number of halogens is 1. The highest BCUT2D eigenvalue weighted by molar-refractivity contribution is 14.1. The zero-order valence-corrected chi connectivity index (χ0v) is 14.3. The molecule has 0 N–H and O–H groups in total. The monoisotopic (exact) mass is 378 g/mol. The van der Waals surface area contributed by atoms with E-state index < -0.39 is 13.5 Å². The summed E-state index contributed by atoms with van der Waals surface area (Å²) in [7, 11) is -1.42. The van der Waals surface area contributed by atoms with Crippen LogP contribution in [0.5, 0.6) is 0 Å². The van der Waals surface area contributed by atoms with E-state index in [-0.39, 0.29) is 18.4 Å². The summed E-state index contributed by atoms with van der Waals surface area (Å²) in [5, 5.41) is 0. The fourth-order valence-electron chi connectivity index (χ4n) is 1.88. The van der Waals surface area contributed by atoms with Crippen molar-refractivity contribution in [1.29, 1.82) is 0 Å². The second-order valence-electron chi connectivity index (χ2n) is 5.62. The molecule has 1 atom stereocenters. The van der Waals surface area contributed by atoms with Crippen LogP contribution in [-0.4, -0.2) is 30.9 Å². The Morgan fingerprint density at radius 1 is 1.50 bits per heavy atom. The van der Waals surface area contributed by atoms with Crippen molar-refractivity contribution in [3.63, 3.8) is 0 Å². The van der Waals surface area contributed by atoms with Gasteiger partial charge in [0.05, 0.1) is 0 Å². The lowest BCUT2D eigenvalue weighted by atomic mass is 9.88. The van der Waals surface area contributed by atoms with Gasteiger partial charge in [-0.1, -0.05) is 48.2 Å². The normalized spacial score (nSPS) is 23.4. The summed E-state index contributed by atoms with van der Waals surface area (Å²) in [5.41, 5.74) is 2.25. The Kier molecular flexibility index (Phi) is 5.41. The summed E-state index contributed by atoms with van der Waals surface area (Å²) in [5.74, 6) is 2.53. The van der Waals surface area contributed by atoms with Gasteiger partial charge in [-0.3, -0.25) is 9.59 Å². The van der Waals surface area contributed by atoms with Crippen LogP contribution in [0.15, 0.2) is 0 Å². The van der Waals surface area contributed by atoms with Gasteiger partial charge < -0.3 is 4.74 Å². The van der Waals surface area contributed by atoms with E-state index in [9.17, 15) is 9.59 Å². The van der Waals surface area contributed by atoms with Crippen LogP contribution in [0, 0.1) is 16.9 Å². The Morgan fingerprint density at radius 2 is 2.17 bits per heavy atom. The van der Waals surface area contributed by atoms with Crippen LogP contribution in [0.1, 0.15) is 19.3 Å². The molecule has 1 aliphatic carbocycles. The van der Waals surface area contributed by atoms with Crippen LogP contribution in [0.4, 0.5) is 0 Å². The third-order valence-electron chi connectivity index (χ3n) is 2.90. The molecular formula is C13H19IO3Si. The molecular weight excluding hydrogens is 359 g/mol. The van der Waals surface area contributed by atoms with Gasteiger partial charge in [-0.2, -0.15) is 0 Å². The number of ether oxygens (including phenoxy) is 1. The first-order valence-electron chi connectivity index (χ1n) is 6.08. The maximum absolute atomic E-state index is 12.0. The van der Waals surface area contributed by atoms with E-state index in [4.69, 9.17) is 4.74 Å². The molecule has 0 aliphatic heterocycles. The summed E-state index contributed by atoms with van der Waals surface area (Å²) in [4.78, 5) is 23.9. The molecule has 1 rings (SSSR count). The van der Waals surface area contributed by atoms with E-state index in [2.05, 4.69) is 53.7 Å². The number of alkyl halides is 1. The highest BCUT2D eigenvalue weighted by Gasteiger charge is 2.48. The molecule has 0 aromatic carbocycles. The zero-order chi connectivity index (χ0) is 13.8. The Balaban J connectivity index is 2.59. The molecule has 0 radical (unpaired) electrons. The lowest BCUT2D eigenvalue weighted by molar-refractivity contribution is -0.156. The Hall–Kier alpha value is -0.353. The molecule has 1 fully saturated rings. The zero-order valence-electron chi connectivity index (χ0n) is 11.1. The van der Waals surface area contributed by atoms with Crippen molar-refractivity contribution < 1.29 is 14.3 Å². The van der Waals surface area contributed by atoms with E-state index in [0.717, 1.165) is 6.42 Å². The van der Waals surface area contributed by atoms with Gasteiger partial charge in [0.1, 0.15) is 13.5 Å². The number of hydrogen-bond donors (Lipinski definition) is 0. The van der Waals surface area contributed by atoms with Crippen molar-refractivity contribution >= 4 is 42.4 Å². The SMILES string of the molecule is C[Si](C)(C)C#CCOC(=O)C1(CI)CCCC1=O. The third-order valence-corrected chi connectivity index (χ3v) is 5.13. The molecule has 18 heavy (non-hydrogen) atoms. The predicted octanol–water partition coefficient (Wildman–Crippen LogP) is 2.58. The first-order chi connectivity index (χ1) is 8.32. The molecule has 0 bridgehead atoms. The van der Waals surface area contributed by atoms with Gasteiger partial charge in [0.2, 0.25) is 0 Å². The van der Waals surface area contributed by atoms with Gasteiger partial charge in [0.25, 0.3) is 0 Å². The van der Waals surface area contributed by atoms with Crippen molar-refractivity contribution in [2.24, 2.45) is 5.41 Å². The summed E-state index contributed by atoms with van der Waals surface area (Å²) >= 11 is 2.10. The van der Waals surface area contributed by atoms with Crippen molar-refractivity contribution in [2.45, 2.75) is 38.9 Å². The summed E-state index contributed by atoms with van der Waals surface area (Å²) in [6, 6.07) is 0. The second-order valence-corrected chi connectivity index (χ2v) is 11.1. The van der Waals surface area contributed by atoms with Gasteiger partial charge in [0, 0.05) is 10.8 Å². The van der Waals surface area contributed by atoms with Crippen molar-refractivity contribution in [3.05, 3.63) is 0 Å². The van der Waals surface area contributed by atoms with E-state index in [1.54, 1.807) is 0 Å². The molecule has 1 unspecified atom stereocenters. The minimum atomic E-state index is -1.42. The predicted molar refractivity (Wildman–Crippen MR) is 82.3 cm³/mol. The molecule has 3 nitrogen and oxygen atoms in total. The highest BCUT2D eigenvalue weighted by Crippen LogP contribution is 2.37. The van der Waals surface area contributed by atoms with Gasteiger partial charge in [-0.15, -0.1) is 5.54 Å². The summed E-state index contributed by atoms with van der Waals surface area (Å²) < 4.78 is 5.67. The number of ketones is 1. The van der Waals surface area contributed by atoms with E-state index in [1.165, 1.54) is 0 Å². The maximum Gasteiger partial charge on any atom is 0.321 e. The smallest absolute Gasteiger partial charge is 0.321 e. The topological polar surface area (TPSA) is 43.4 Å². The Bertz CT molecular complexity index is 403. The first kappa shape index (κ1) is 15.7. The number of hydrogen-bond acceptors (Lipinski definition) is 3. The van der Waals surface area contributed by atoms with Gasteiger partial charge >= 0.3 is 5.97 Å². The summed E-state index contributed by atoms with van der Waals surface area (Å²) in [6.45, 7) is 6.51. The Morgan fingerprint density at radius 3 is 2.61 bits per heavy atom. The van der Waals surface area contributed by atoms with Crippen LogP contribution in [-0.2, 0) is 14.3 Å². The lowest BCUT2D eigenvalue weighted by Gasteiger charge is -2.21. The van der Waals surface area contributed by atoms with Crippen LogP contribution in [0.3, 0.4) is 0 Å². The second kappa shape index (κ2) is 6.20. The van der Waals surface area contributed by atoms with Crippen molar-refractivity contribution in [3.8, 4) is 11.5 Å². The number of esters is 1. The molecule has 0 aromatic heterocycles. The fourth-order valence-corrected chi connectivity index (χ4v) is 3.60. The minimum Gasteiger partial charge on any atom is -0.452 e. The quantitative estimate of drug-likeness (QED) is 0.189. The molecule has 1 aliphatic rings. The molecule has 5 heteroatoms. The van der Waals surface area contributed by atoms with Crippen LogP contribution in [0.2, 0.25) is 19.6 Å². The molecule has 0 heterocycles. The first-order valence-corrected chi connectivity index (χ1v) is 11.1. The summed E-state index contributed by atoms with van der Waals surface area (Å²) in [6.07, 6.45) is 1.91. The highest BCUT2D eigenvalue weighted by atomic mass is 127. The number of carbonyl (C=O) groups excluding carboxylic acids is 2. The average Bonchev–Trinajstić information content (AvgIpc) is 2.65. The molecule has 0 aromatic rings. The maximum atomic E-state index is 12.0. The lowest BCUT2D eigenvalue weighted by Crippen LogP contribution is -2.38.